The molecular weight excluding hydrogens is 1380 g/mol. The Morgan fingerprint density at radius 1 is 0.409 bits per heavy atom. The number of nitrogens with two attached hydrogens (primary N) is 1. The first-order valence-corrected chi connectivity index (χ1v) is 33.8. The number of carbonyl (C=O) groups is 3. The van der Waals surface area contributed by atoms with Gasteiger partial charge >= 0.3 is 38.6 Å². The SMILES string of the molecule is C[C@H](N)C(=O)OCc1ccccc1.C[C@H](NP(=O)(Cl)Oc1ccccc1)C(=O)OCc1ccccc1.C[C@H](NP(=O)(Oc1ccccc1)Oc1c(F)c(F)c(F)c(F)c1F)C(=O)OCc1ccccc1.O=P(Cl)(Cl)Oc1ccccc1.Oc1c(F)c(F)c(F)c(F)c1F. The molecule has 0 aliphatic heterocycles. The van der Waals surface area contributed by atoms with E-state index in [0.29, 0.717) is 23.7 Å². The van der Waals surface area contributed by atoms with Gasteiger partial charge in [-0.3, -0.25) is 14.4 Å². The smallest absolute Gasteiger partial charge is 0.503 e. The van der Waals surface area contributed by atoms with Crippen LogP contribution in [0.4, 0.5) is 43.9 Å². The summed E-state index contributed by atoms with van der Waals surface area (Å²) in [7, 11) is -4.96. The predicted octanol–water partition coefficient (Wildman–Crippen LogP) is 16.6. The van der Waals surface area contributed by atoms with Gasteiger partial charge in [0.2, 0.25) is 63.9 Å². The Kier molecular flexibility index (Phi) is 31.2. The van der Waals surface area contributed by atoms with Crippen LogP contribution < -0.4 is 34.0 Å². The second kappa shape index (κ2) is 37.6. The Bertz CT molecular complexity index is 3730. The third-order valence-electron chi connectivity index (χ3n) is 10.9. The van der Waals surface area contributed by atoms with Crippen LogP contribution in [0.5, 0.6) is 28.7 Å². The van der Waals surface area contributed by atoms with Crippen molar-refractivity contribution in [3.8, 4) is 28.7 Å². The fourth-order valence-corrected chi connectivity index (χ4v) is 10.5. The molecule has 5 N–H and O–H groups in total. The van der Waals surface area contributed by atoms with E-state index in [0.717, 1.165) is 11.1 Å². The van der Waals surface area contributed by atoms with Crippen LogP contribution in [0.1, 0.15) is 37.5 Å². The Labute approximate surface area is 539 Å². The molecule has 8 rings (SSSR count). The van der Waals surface area contributed by atoms with Crippen molar-refractivity contribution in [3.05, 3.63) is 257 Å². The highest BCUT2D eigenvalue weighted by Crippen LogP contribution is 2.57. The average molecular weight is 1430 g/mol. The molecule has 2 unspecified atom stereocenters. The molecule has 0 saturated carbocycles. The lowest BCUT2D eigenvalue weighted by atomic mass is 10.2. The normalized spacial score (nSPS) is 12.9. The molecule has 0 aliphatic rings. The summed E-state index contributed by atoms with van der Waals surface area (Å²) in [6.07, 6.45) is -3.44. The van der Waals surface area contributed by atoms with Crippen molar-refractivity contribution in [1.82, 2.24) is 10.2 Å². The minimum Gasteiger partial charge on any atom is -0.503 e. The van der Waals surface area contributed by atoms with Gasteiger partial charge < -0.3 is 43.1 Å². The Morgan fingerprint density at radius 2 is 0.688 bits per heavy atom. The maximum Gasteiger partial charge on any atom is 0.513 e. The molecule has 0 bridgehead atoms. The number of hydrogen-bond acceptors (Lipinski definition) is 15. The van der Waals surface area contributed by atoms with Crippen molar-refractivity contribution in [2.45, 2.75) is 58.7 Å². The fourth-order valence-electron chi connectivity index (χ4n) is 6.46. The van der Waals surface area contributed by atoms with E-state index in [9.17, 15) is 72.0 Å². The second-order valence-corrected chi connectivity index (χ2v) is 26.8. The van der Waals surface area contributed by atoms with Crippen LogP contribution in [0, 0.1) is 58.2 Å². The summed E-state index contributed by atoms with van der Waals surface area (Å²) in [4.78, 5) is 35.2. The standard InChI is InChI=1S/C22H17F5NO5P.C16H17ClNO4P.C10H13NO2.C6H5Cl2O2P.C6HF5O/c1-13(22(29)31-12-14-8-4-2-5-9-14)28-34(30,32-15-10-6-3-7-11-15)33-21-19(26)17(24)16(23)18(25)20(21)27;1-13(16(19)21-12-14-8-4-2-5-9-14)18-23(17,20)22-15-10-6-3-7-11-15;1-8(11)10(12)13-7-9-5-3-2-4-6-9;7-11(8,9)10-6-4-2-1-3-5-6;7-1-2(8)4(10)6(12)5(11)3(1)9/h2-11,13H,12H2,1H3,(H,28,30);2-11,13H,12H2,1H3,(H,18,20);2-6,8H,7,11H2,1H3;1-5H;12H/t13-,34?;13-,23?;8-;;/m000../s1. The molecule has 17 nitrogen and oxygen atoms in total. The summed E-state index contributed by atoms with van der Waals surface area (Å²) in [5.74, 6) is -27.8. The van der Waals surface area contributed by atoms with Gasteiger partial charge in [-0.05, 0) is 73.9 Å². The largest absolute Gasteiger partial charge is 0.513 e. The lowest BCUT2D eigenvalue weighted by Gasteiger charge is -2.23. The average Bonchev–Trinajstić information content (AvgIpc) is 1.04. The fraction of sp³-hybridized carbons (Fsp3) is 0.150. The van der Waals surface area contributed by atoms with Crippen LogP contribution >= 0.6 is 54.4 Å². The highest BCUT2D eigenvalue weighted by atomic mass is 35.9. The summed E-state index contributed by atoms with van der Waals surface area (Å²) in [6, 6.07) is 48.5. The number of benzene rings is 8. The number of aromatic hydroxyl groups is 1. The van der Waals surface area contributed by atoms with E-state index in [1.807, 2.05) is 60.7 Å². The third-order valence-corrected chi connectivity index (χ3v) is 15.0. The number of hydrogen-bond donors (Lipinski definition) is 4. The molecule has 0 amide bonds. The van der Waals surface area contributed by atoms with E-state index < -0.39 is 120 Å². The Balaban J connectivity index is 0.000000268. The van der Waals surface area contributed by atoms with Gasteiger partial charge in [0, 0.05) is 33.7 Å². The summed E-state index contributed by atoms with van der Waals surface area (Å²) < 4.78 is 201. The second-order valence-electron chi connectivity index (χ2n) is 18.3. The number of esters is 3. The van der Waals surface area contributed by atoms with E-state index in [-0.39, 0.29) is 24.9 Å². The highest BCUT2D eigenvalue weighted by Gasteiger charge is 2.39. The van der Waals surface area contributed by atoms with Crippen LogP contribution in [-0.4, -0.2) is 41.1 Å². The molecule has 5 atom stereocenters. The Morgan fingerprint density at radius 3 is 1.02 bits per heavy atom. The topological polar surface area (TPSA) is 237 Å². The van der Waals surface area contributed by atoms with Crippen LogP contribution in [0.3, 0.4) is 0 Å². The molecule has 93 heavy (non-hydrogen) atoms. The number of nitrogens with one attached hydrogen (secondary N) is 2. The van der Waals surface area contributed by atoms with E-state index in [1.54, 1.807) is 104 Å². The number of carbonyl (C=O) groups excluding carboxylic acids is 3. The lowest BCUT2D eigenvalue weighted by molar-refractivity contribution is -0.147. The molecule has 8 aromatic carbocycles. The molecule has 0 saturated heterocycles. The van der Waals surface area contributed by atoms with E-state index in [1.165, 1.54) is 38.1 Å². The molecule has 0 aromatic heterocycles. The van der Waals surface area contributed by atoms with Crippen molar-refractivity contribution < 1.29 is 109 Å². The van der Waals surface area contributed by atoms with E-state index in [4.69, 9.17) is 67.8 Å². The molecule has 498 valence electrons. The quantitative estimate of drug-likeness (QED) is 0.0131. The number of ether oxygens (including phenoxy) is 3. The monoisotopic (exact) mass is 1430 g/mol. The third kappa shape index (κ3) is 26.8. The summed E-state index contributed by atoms with van der Waals surface area (Å²) >= 11 is 16.2. The maximum atomic E-state index is 14.1. The Hall–Kier alpha value is -8.09. The minimum absolute atomic E-state index is 0.137. The first-order valence-electron chi connectivity index (χ1n) is 26.3. The van der Waals surface area contributed by atoms with Gasteiger partial charge in [0.05, 0.1) is 0 Å². The summed E-state index contributed by atoms with van der Waals surface area (Å²) in [5, 5.41) is 12.9. The van der Waals surface area contributed by atoms with Gasteiger partial charge in [-0.2, -0.15) is 22.6 Å². The van der Waals surface area contributed by atoms with Crippen LogP contribution in [0.15, 0.2) is 182 Å². The van der Waals surface area contributed by atoms with E-state index in [2.05, 4.69) is 19.2 Å². The van der Waals surface area contributed by atoms with Crippen molar-refractivity contribution in [1.29, 1.82) is 0 Å². The zero-order valence-corrected chi connectivity index (χ0v) is 53.2. The van der Waals surface area contributed by atoms with Gasteiger partial charge in [0.15, 0.2) is 5.75 Å². The van der Waals surface area contributed by atoms with Crippen molar-refractivity contribution in [2.24, 2.45) is 5.73 Å². The number of phenols is 1. The summed E-state index contributed by atoms with van der Waals surface area (Å²) in [5.41, 5.74) is 7.80. The zero-order chi connectivity index (χ0) is 69.1. The first-order chi connectivity index (χ1) is 43.8. The van der Waals surface area contributed by atoms with Crippen LogP contribution in [-0.2, 0) is 62.1 Å². The van der Waals surface area contributed by atoms with Gasteiger partial charge in [-0.15, -0.1) is 0 Å². The van der Waals surface area contributed by atoms with Crippen molar-refractivity contribution in [2.75, 3.05) is 0 Å². The summed E-state index contributed by atoms with van der Waals surface area (Å²) in [6.45, 7) is 0.878. The molecular formula is C60H53Cl3F10N3O14P3. The molecule has 0 aliphatic carbocycles. The van der Waals surface area contributed by atoms with Gasteiger partial charge in [-0.1, -0.05) is 146 Å². The highest BCUT2D eigenvalue weighted by molar-refractivity contribution is 8.05. The minimum atomic E-state index is -4.96. The maximum absolute atomic E-state index is 14.1. The zero-order valence-electron chi connectivity index (χ0n) is 48.3. The number of phenolic OH excluding ortho intramolecular Hbond substituents is 1. The number of para-hydroxylation sites is 3. The van der Waals surface area contributed by atoms with Gasteiger partial charge in [0.1, 0.15) is 55.2 Å². The predicted molar refractivity (Wildman–Crippen MR) is 324 cm³/mol. The molecule has 0 heterocycles. The molecule has 0 radical (unpaired) electrons. The van der Waals surface area contributed by atoms with Crippen molar-refractivity contribution in [3.63, 3.8) is 0 Å². The first kappa shape index (κ1) is 77.4. The van der Waals surface area contributed by atoms with Gasteiger partial charge in [0.25, 0.3) is 0 Å². The number of rotatable bonds is 21. The van der Waals surface area contributed by atoms with Crippen molar-refractivity contribution >= 4 is 72.3 Å². The van der Waals surface area contributed by atoms with Gasteiger partial charge in [-0.25, -0.2) is 45.1 Å². The van der Waals surface area contributed by atoms with Crippen LogP contribution in [0.2, 0.25) is 0 Å². The molecule has 0 spiro atoms. The van der Waals surface area contributed by atoms with E-state index >= 15 is 0 Å². The van der Waals surface area contributed by atoms with Crippen LogP contribution in [0.25, 0.3) is 0 Å². The molecule has 33 heteroatoms. The number of halogens is 13. The molecule has 8 aromatic rings. The molecule has 0 fully saturated rings. The lowest BCUT2D eigenvalue weighted by Crippen LogP contribution is -2.36.